The number of aromatic amines is 1. The van der Waals surface area contributed by atoms with Gasteiger partial charge in [0.1, 0.15) is 0 Å². The van der Waals surface area contributed by atoms with Crippen LogP contribution >= 0.6 is 27.5 Å². The van der Waals surface area contributed by atoms with Crippen LogP contribution in [0.15, 0.2) is 59.2 Å². The molecular formula is C17H10BrClN2. The summed E-state index contributed by atoms with van der Waals surface area (Å²) in [6.45, 7) is 0. The molecule has 4 aromatic rings. The highest BCUT2D eigenvalue weighted by Gasteiger charge is 2.10. The quantitative estimate of drug-likeness (QED) is 0.458. The number of H-pyrrole nitrogens is 1. The van der Waals surface area contributed by atoms with Crippen LogP contribution in [0.1, 0.15) is 0 Å². The van der Waals surface area contributed by atoms with Crippen LogP contribution < -0.4 is 0 Å². The Morgan fingerprint density at radius 1 is 1.00 bits per heavy atom. The zero-order valence-corrected chi connectivity index (χ0v) is 13.2. The van der Waals surface area contributed by atoms with E-state index in [1.807, 2.05) is 48.7 Å². The van der Waals surface area contributed by atoms with Gasteiger partial charge in [0.05, 0.1) is 16.2 Å². The predicted octanol–water partition coefficient (Wildman–Crippen LogP) is 5.80. The predicted molar refractivity (Wildman–Crippen MR) is 91.7 cm³/mol. The number of aromatic nitrogens is 2. The van der Waals surface area contributed by atoms with Crippen LogP contribution in [0.4, 0.5) is 0 Å². The van der Waals surface area contributed by atoms with E-state index in [1.165, 1.54) is 0 Å². The van der Waals surface area contributed by atoms with Gasteiger partial charge in [-0.1, -0.05) is 45.7 Å². The molecule has 2 heterocycles. The summed E-state index contributed by atoms with van der Waals surface area (Å²) in [6.07, 6.45) is 1.98. The summed E-state index contributed by atoms with van der Waals surface area (Å²) in [4.78, 5) is 8.02. The van der Waals surface area contributed by atoms with Crippen LogP contribution in [-0.2, 0) is 0 Å². The lowest BCUT2D eigenvalue weighted by molar-refractivity contribution is 1.40. The smallest absolute Gasteiger partial charge is 0.0746 e. The van der Waals surface area contributed by atoms with Crippen LogP contribution in [-0.4, -0.2) is 9.97 Å². The fourth-order valence-corrected chi connectivity index (χ4v) is 3.20. The SMILES string of the molecule is Clc1cc(-c2c[nH]c3ccc(Br)cc23)nc2ccccc12. The molecule has 21 heavy (non-hydrogen) atoms. The average Bonchev–Trinajstić information content (AvgIpc) is 2.90. The number of rotatable bonds is 1. The van der Waals surface area contributed by atoms with Crippen LogP contribution in [0.2, 0.25) is 5.02 Å². The second kappa shape index (κ2) is 4.86. The molecule has 0 atom stereocenters. The molecule has 0 unspecified atom stereocenters. The molecule has 0 bridgehead atoms. The molecule has 0 aliphatic carbocycles. The Labute approximate surface area is 134 Å². The van der Waals surface area contributed by atoms with Crippen LogP contribution in [0.25, 0.3) is 33.1 Å². The van der Waals surface area contributed by atoms with Crippen LogP contribution in [0.3, 0.4) is 0 Å². The molecule has 0 saturated heterocycles. The Hall–Kier alpha value is -1.84. The Morgan fingerprint density at radius 2 is 1.86 bits per heavy atom. The van der Waals surface area contributed by atoms with E-state index in [2.05, 4.69) is 27.0 Å². The Morgan fingerprint density at radius 3 is 2.76 bits per heavy atom. The van der Waals surface area contributed by atoms with E-state index in [4.69, 9.17) is 16.6 Å². The zero-order chi connectivity index (χ0) is 14.4. The third-order valence-corrected chi connectivity index (χ3v) is 4.39. The van der Waals surface area contributed by atoms with Crippen molar-refractivity contribution in [2.24, 2.45) is 0 Å². The third-order valence-electron chi connectivity index (χ3n) is 3.59. The van der Waals surface area contributed by atoms with Crippen molar-refractivity contribution >= 4 is 49.3 Å². The van der Waals surface area contributed by atoms with Crippen molar-refractivity contribution in [1.82, 2.24) is 9.97 Å². The van der Waals surface area contributed by atoms with Crippen molar-refractivity contribution in [3.63, 3.8) is 0 Å². The molecule has 4 rings (SSSR count). The molecule has 0 radical (unpaired) electrons. The topological polar surface area (TPSA) is 28.7 Å². The average molecular weight is 358 g/mol. The van der Waals surface area contributed by atoms with E-state index < -0.39 is 0 Å². The number of pyridine rings is 1. The molecule has 2 nitrogen and oxygen atoms in total. The molecule has 0 amide bonds. The number of hydrogen-bond acceptors (Lipinski definition) is 1. The summed E-state index contributed by atoms with van der Waals surface area (Å²) in [5, 5.41) is 2.83. The van der Waals surface area contributed by atoms with Crippen LogP contribution in [0, 0.1) is 0 Å². The van der Waals surface area contributed by atoms with Gasteiger partial charge in [-0.2, -0.15) is 0 Å². The summed E-state index contributed by atoms with van der Waals surface area (Å²) >= 11 is 9.92. The van der Waals surface area contributed by atoms with Gasteiger partial charge >= 0.3 is 0 Å². The van der Waals surface area contributed by atoms with Gasteiger partial charge in [0.2, 0.25) is 0 Å². The monoisotopic (exact) mass is 356 g/mol. The fourth-order valence-electron chi connectivity index (χ4n) is 2.58. The molecule has 0 spiro atoms. The minimum absolute atomic E-state index is 0.722. The van der Waals surface area contributed by atoms with E-state index in [-0.39, 0.29) is 0 Å². The molecule has 4 heteroatoms. The largest absolute Gasteiger partial charge is 0.360 e. The first-order valence-corrected chi connectivity index (χ1v) is 7.72. The third kappa shape index (κ3) is 2.13. The number of para-hydroxylation sites is 1. The van der Waals surface area contributed by atoms with Gasteiger partial charge in [-0.25, -0.2) is 4.98 Å². The second-order valence-corrected chi connectivity index (χ2v) is 6.22. The van der Waals surface area contributed by atoms with Gasteiger partial charge in [-0.15, -0.1) is 0 Å². The highest BCUT2D eigenvalue weighted by atomic mass is 79.9. The van der Waals surface area contributed by atoms with E-state index in [0.29, 0.717) is 0 Å². The highest BCUT2D eigenvalue weighted by molar-refractivity contribution is 9.10. The summed E-state index contributed by atoms with van der Waals surface area (Å²) < 4.78 is 1.04. The van der Waals surface area contributed by atoms with Gasteiger partial charge in [0.15, 0.2) is 0 Å². The van der Waals surface area contributed by atoms with Crippen molar-refractivity contribution in [1.29, 1.82) is 0 Å². The molecule has 0 fully saturated rings. The number of halogens is 2. The van der Waals surface area contributed by atoms with Gasteiger partial charge in [0, 0.05) is 32.5 Å². The maximum absolute atomic E-state index is 6.40. The summed E-state index contributed by atoms with van der Waals surface area (Å²) in [5.74, 6) is 0. The van der Waals surface area contributed by atoms with Crippen molar-refractivity contribution in [2.45, 2.75) is 0 Å². The summed E-state index contributed by atoms with van der Waals surface area (Å²) in [5.41, 5.74) is 3.92. The van der Waals surface area contributed by atoms with Crippen LogP contribution in [0.5, 0.6) is 0 Å². The Balaban J connectivity index is 2.02. The summed E-state index contributed by atoms with van der Waals surface area (Å²) in [6, 6.07) is 16.0. The number of nitrogens with zero attached hydrogens (tertiary/aromatic N) is 1. The first-order chi connectivity index (χ1) is 10.2. The van der Waals surface area contributed by atoms with E-state index in [1.54, 1.807) is 0 Å². The zero-order valence-electron chi connectivity index (χ0n) is 10.9. The van der Waals surface area contributed by atoms with E-state index >= 15 is 0 Å². The van der Waals surface area contributed by atoms with E-state index in [0.717, 1.165) is 42.6 Å². The van der Waals surface area contributed by atoms with Crippen molar-refractivity contribution < 1.29 is 0 Å². The normalized spacial score (nSPS) is 11.3. The Bertz CT molecular complexity index is 975. The fraction of sp³-hybridized carbons (Fsp3) is 0. The molecule has 0 saturated carbocycles. The number of fused-ring (bicyclic) bond motifs is 2. The highest BCUT2D eigenvalue weighted by Crippen LogP contribution is 2.33. The van der Waals surface area contributed by atoms with Crippen molar-refractivity contribution in [2.75, 3.05) is 0 Å². The first-order valence-electron chi connectivity index (χ1n) is 6.55. The minimum Gasteiger partial charge on any atom is -0.360 e. The lowest BCUT2D eigenvalue weighted by Crippen LogP contribution is -1.85. The molecule has 0 aliphatic heterocycles. The molecule has 2 aromatic heterocycles. The van der Waals surface area contributed by atoms with Crippen molar-refractivity contribution in [3.8, 4) is 11.3 Å². The van der Waals surface area contributed by atoms with E-state index in [9.17, 15) is 0 Å². The number of nitrogens with one attached hydrogen (secondary N) is 1. The number of benzene rings is 2. The van der Waals surface area contributed by atoms with Gasteiger partial charge in [0.25, 0.3) is 0 Å². The standard InChI is InChI=1S/C17H10BrClN2/c18-10-5-6-15-12(7-10)13(9-20-15)17-8-14(19)11-3-1-2-4-16(11)21-17/h1-9,20H. The van der Waals surface area contributed by atoms with Gasteiger partial charge in [-0.3, -0.25) is 0 Å². The maximum atomic E-state index is 6.40. The molecule has 0 aliphatic rings. The van der Waals surface area contributed by atoms with Gasteiger partial charge < -0.3 is 4.98 Å². The number of hydrogen-bond donors (Lipinski definition) is 1. The maximum Gasteiger partial charge on any atom is 0.0746 e. The minimum atomic E-state index is 0.722. The van der Waals surface area contributed by atoms with Crippen molar-refractivity contribution in [3.05, 3.63) is 64.2 Å². The first kappa shape index (κ1) is 12.9. The molecule has 102 valence electrons. The molecule has 2 aromatic carbocycles. The molecule has 1 N–H and O–H groups in total. The second-order valence-electron chi connectivity index (χ2n) is 4.90. The lowest BCUT2D eigenvalue weighted by Gasteiger charge is -2.05. The van der Waals surface area contributed by atoms with Gasteiger partial charge in [-0.05, 0) is 30.3 Å². The summed E-state index contributed by atoms with van der Waals surface area (Å²) in [7, 11) is 0. The molecular weight excluding hydrogens is 348 g/mol. The lowest BCUT2D eigenvalue weighted by atomic mass is 10.1. The Kier molecular flexibility index (Phi) is 2.98.